The molecule has 7 heteroatoms. The third kappa shape index (κ3) is 4.13. The summed E-state index contributed by atoms with van der Waals surface area (Å²) in [5.41, 5.74) is 5.46. The first-order valence-corrected chi connectivity index (χ1v) is 11.4. The highest BCUT2D eigenvalue weighted by Gasteiger charge is 2.30. The van der Waals surface area contributed by atoms with Gasteiger partial charge in [0.05, 0.1) is 21.6 Å². The molecule has 1 fully saturated rings. The molecule has 2 aromatic heterocycles. The van der Waals surface area contributed by atoms with Gasteiger partial charge >= 0.3 is 5.97 Å². The molecule has 2 N–H and O–H groups in total. The summed E-state index contributed by atoms with van der Waals surface area (Å²) in [7, 11) is 0. The number of aromatic amines is 1. The summed E-state index contributed by atoms with van der Waals surface area (Å²) in [6.45, 7) is 0. The SMILES string of the molecule is O=C(O)/C=C/c1ccc(/C(=C(\c2ncccc2Cl)C2CCC2)c2cccc3[nH]nc(F)c23)cc1. The van der Waals surface area contributed by atoms with Crippen molar-refractivity contribution in [1.29, 1.82) is 0 Å². The zero-order valence-electron chi connectivity index (χ0n) is 18.1. The second kappa shape index (κ2) is 9.23. The van der Waals surface area contributed by atoms with Gasteiger partial charge in [-0.25, -0.2) is 4.79 Å². The summed E-state index contributed by atoms with van der Waals surface area (Å²) < 4.78 is 14.9. The lowest BCUT2D eigenvalue weighted by molar-refractivity contribution is -0.131. The third-order valence-electron chi connectivity index (χ3n) is 6.23. The Morgan fingerprint density at radius 2 is 1.91 bits per heavy atom. The number of halogens is 2. The molecule has 2 heterocycles. The molecule has 0 unspecified atom stereocenters. The van der Waals surface area contributed by atoms with E-state index in [-0.39, 0.29) is 5.92 Å². The van der Waals surface area contributed by atoms with Crippen LogP contribution in [-0.4, -0.2) is 26.3 Å². The molecule has 1 saturated carbocycles. The second-order valence-electron chi connectivity index (χ2n) is 8.29. The number of fused-ring (bicyclic) bond motifs is 1. The maximum Gasteiger partial charge on any atom is 0.328 e. The Kier molecular flexibility index (Phi) is 5.99. The van der Waals surface area contributed by atoms with Crippen LogP contribution in [0.25, 0.3) is 28.1 Å². The number of nitrogens with one attached hydrogen (secondary N) is 1. The molecule has 2 aromatic carbocycles. The molecule has 4 aromatic rings. The van der Waals surface area contributed by atoms with Crippen LogP contribution in [-0.2, 0) is 4.79 Å². The summed E-state index contributed by atoms with van der Waals surface area (Å²) in [6.07, 6.45) is 7.45. The highest BCUT2D eigenvalue weighted by molar-refractivity contribution is 6.32. The Morgan fingerprint density at radius 3 is 2.59 bits per heavy atom. The van der Waals surface area contributed by atoms with Crippen molar-refractivity contribution < 1.29 is 14.3 Å². The van der Waals surface area contributed by atoms with E-state index >= 15 is 0 Å². The normalized spacial score (nSPS) is 14.9. The van der Waals surface area contributed by atoms with Crippen molar-refractivity contribution in [2.24, 2.45) is 5.92 Å². The van der Waals surface area contributed by atoms with Gasteiger partial charge in [0, 0.05) is 12.3 Å². The molecule has 0 atom stereocenters. The van der Waals surface area contributed by atoms with Crippen molar-refractivity contribution in [1.82, 2.24) is 15.2 Å². The van der Waals surface area contributed by atoms with E-state index in [0.29, 0.717) is 27.2 Å². The number of pyridine rings is 1. The number of hydrogen-bond donors (Lipinski definition) is 2. The Bertz CT molecular complexity index is 1440. The van der Waals surface area contributed by atoms with Gasteiger partial charge in [-0.1, -0.05) is 54.4 Å². The smallest absolute Gasteiger partial charge is 0.328 e. The van der Waals surface area contributed by atoms with Crippen LogP contribution in [0.1, 0.15) is 41.6 Å². The fourth-order valence-electron chi connectivity index (χ4n) is 4.42. The number of hydrogen-bond acceptors (Lipinski definition) is 3. The molecule has 0 amide bonds. The van der Waals surface area contributed by atoms with Crippen LogP contribution < -0.4 is 0 Å². The van der Waals surface area contributed by atoms with Crippen LogP contribution >= 0.6 is 11.6 Å². The molecule has 0 aliphatic heterocycles. The van der Waals surface area contributed by atoms with Gasteiger partial charge in [-0.05, 0) is 70.9 Å². The monoisotopic (exact) mass is 473 g/mol. The number of aromatic nitrogens is 3. The molecule has 0 saturated heterocycles. The zero-order valence-corrected chi connectivity index (χ0v) is 18.9. The average Bonchev–Trinajstić information content (AvgIpc) is 3.19. The maximum absolute atomic E-state index is 14.9. The van der Waals surface area contributed by atoms with E-state index in [4.69, 9.17) is 16.7 Å². The maximum atomic E-state index is 14.9. The van der Waals surface area contributed by atoms with E-state index in [9.17, 15) is 9.18 Å². The number of nitrogens with zero attached hydrogens (tertiary/aromatic N) is 2. The molecular formula is C27H21ClFN3O2. The van der Waals surface area contributed by atoms with E-state index in [2.05, 4.69) is 15.2 Å². The standard InChI is InChI=1S/C27H21ClFN3O2/c28-20-7-3-15-30-26(20)24(17-4-1-5-17)23(18-12-9-16(10-13-18)11-14-22(33)34)19-6-2-8-21-25(19)27(29)32-31-21/h2-3,6-15,17H,1,4-5H2,(H,31,32)(H,33,34)/b14-11+,24-23+. The third-order valence-corrected chi connectivity index (χ3v) is 6.53. The summed E-state index contributed by atoms with van der Waals surface area (Å²) >= 11 is 6.63. The molecule has 170 valence electrons. The minimum absolute atomic E-state index is 0.235. The summed E-state index contributed by atoms with van der Waals surface area (Å²) in [5, 5.41) is 16.5. The summed E-state index contributed by atoms with van der Waals surface area (Å²) in [4.78, 5) is 15.5. The van der Waals surface area contributed by atoms with Gasteiger partial charge in [0.15, 0.2) is 0 Å². The molecule has 0 bridgehead atoms. The first kappa shape index (κ1) is 22.0. The first-order valence-electron chi connectivity index (χ1n) is 11.0. The lowest BCUT2D eigenvalue weighted by Gasteiger charge is -2.31. The van der Waals surface area contributed by atoms with Gasteiger partial charge in [0.25, 0.3) is 0 Å². The minimum atomic E-state index is -1.01. The molecule has 1 aliphatic carbocycles. The Hall–Kier alpha value is -3.77. The molecule has 34 heavy (non-hydrogen) atoms. The van der Waals surface area contributed by atoms with E-state index in [1.165, 1.54) is 6.08 Å². The van der Waals surface area contributed by atoms with Crippen molar-refractivity contribution in [2.75, 3.05) is 0 Å². The molecule has 5 nitrogen and oxygen atoms in total. The van der Waals surface area contributed by atoms with Crippen LogP contribution in [0, 0.1) is 11.9 Å². The number of rotatable bonds is 6. The second-order valence-corrected chi connectivity index (χ2v) is 8.69. The predicted octanol–water partition coefficient (Wildman–Crippen LogP) is 6.61. The van der Waals surface area contributed by atoms with E-state index in [1.807, 2.05) is 42.5 Å². The van der Waals surface area contributed by atoms with E-state index in [1.54, 1.807) is 18.3 Å². The molecule has 1 aliphatic rings. The van der Waals surface area contributed by atoms with Gasteiger partial charge in [-0.2, -0.15) is 4.39 Å². The fraction of sp³-hybridized carbons (Fsp3) is 0.148. The van der Waals surface area contributed by atoms with Gasteiger partial charge in [0.2, 0.25) is 5.95 Å². The number of H-pyrrole nitrogens is 1. The first-order chi connectivity index (χ1) is 16.5. The predicted molar refractivity (Wildman–Crippen MR) is 132 cm³/mol. The van der Waals surface area contributed by atoms with Crippen LogP contribution in [0.5, 0.6) is 0 Å². The van der Waals surface area contributed by atoms with Gasteiger partial charge in [-0.3, -0.25) is 10.1 Å². The molecule has 0 spiro atoms. The van der Waals surface area contributed by atoms with Crippen molar-refractivity contribution in [3.63, 3.8) is 0 Å². The lowest BCUT2D eigenvalue weighted by Crippen LogP contribution is -2.16. The molecule has 5 rings (SSSR count). The van der Waals surface area contributed by atoms with Gasteiger partial charge in [0.1, 0.15) is 0 Å². The number of carboxylic acid groups (broad SMARTS) is 1. The molecule has 0 radical (unpaired) electrons. The number of carboxylic acids is 1. The Labute approximate surface area is 200 Å². The highest BCUT2D eigenvalue weighted by atomic mass is 35.5. The van der Waals surface area contributed by atoms with E-state index < -0.39 is 11.9 Å². The van der Waals surface area contributed by atoms with Crippen molar-refractivity contribution in [3.8, 4) is 0 Å². The van der Waals surface area contributed by atoms with Crippen LogP contribution in [0.2, 0.25) is 5.02 Å². The number of benzene rings is 2. The Balaban J connectivity index is 1.81. The largest absolute Gasteiger partial charge is 0.478 e. The summed E-state index contributed by atoms with van der Waals surface area (Å²) in [5.74, 6) is -1.34. The number of aliphatic carboxylic acids is 1. The van der Waals surface area contributed by atoms with Crippen LogP contribution in [0.4, 0.5) is 4.39 Å². The fourth-order valence-corrected chi connectivity index (χ4v) is 4.65. The van der Waals surface area contributed by atoms with Crippen molar-refractivity contribution in [3.05, 3.63) is 100 Å². The van der Waals surface area contributed by atoms with Crippen molar-refractivity contribution >= 4 is 45.7 Å². The van der Waals surface area contributed by atoms with Gasteiger partial charge < -0.3 is 5.11 Å². The quantitative estimate of drug-likeness (QED) is 0.309. The van der Waals surface area contributed by atoms with Gasteiger partial charge in [-0.15, -0.1) is 5.10 Å². The number of carbonyl (C=O) groups is 1. The topological polar surface area (TPSA) is 78.9 Å². The lowest BCUT2D eigenvalue weighted by atomic mass is 9.74. The minimum Gasteiger partial charge on any atom is -0.478 e. The molecular weight excluding hydrogens is 453 g/mol. The average molecular weight is 474 g/mol. The highest BCUT2D eigenvalue weighted by Crippen LogP contribution is 2.47. The Morgan fingerprint density at radius 1 is 1.12 bits per heavy atom. The van der Waals surface area contributed by atoms with Crippen LogP contribution in [0.3, 0.4) is 0 Å². The zero-order chi connectivity index (χ0) is 23.7. The van der Waals surface area contributed by atoms with E-state index in [0.717, 1.165) is 47.6 Å². The van der Waals surface area contributed by atoms with Crippen molar-refractivity contribution in [2.45, 2.75) is 19.3 Å². The summed E-state index contributed by atoms with van der Waals surface area (Å²) in [6, 6.07) is 16.7. The van der Waals surface area contributed by atoms with Crippen LogP contribution in [0.15, 0.2) is 66.9 Å². The number of allylic oxidation sites excluding steroid dienone is 1.